The zero-order valence-electron chi connectivity index (χ0n) is 7.54. The Morgan fingerprint density at radius 1 is 1.50 bits per heavy atom. The van der Waals surface area contributed by atoms with Gasteiger partial charge in [0.25, 0.3) is 0 Å². The molecular formula is C8H11N5O. The van der Waals surface area contributed by atoms with Crippen molar-refractivity contribution in [1.82, 2.24) is 19.6 Å². The number of rotatable bonds is 3. The maximum Gasteiger partial charge on any atom is 0.167 e. The van der Waals surface area contributed by atoms with E-state index in [1.807, 2.05) is 0 Å². The number of aliphatic hydroxyl groups excluding tert-OH is 1. The highest BCUT2D eigenvalue weighted by molar-refractivity contribution is 5.35. The van der Waals surface area contributed by atoms with Crippen molar-refractivity contribution in [2.75, 3.05) is 6.54 Å². The fourth-order valence-corrected chi connectivity index (χ4v) is 1.28. The van der Waals surface area contributed by atoms with E-state index in [2.05, 4.69) is 15.2 Å². The van der Waals surface area contributed by atoms with Gasteiger partial charge in [-0.25, -0.2) is 4.98 Å². The van der Waals surface area contributed by atoms with E-state index in [-0.39, 0.29) is 0 Å². The molecule has 0 radical (unpaired) electrons. The first-order valence-electron chi connectivity index (χ1n) is 4.35. The summed E-state index contributed by atoms with van der Waals surface area (Å²) in [6.45, 7) is 0.413. The highest BCUT2D eigenvalue weighted by atomic mass is 16.3. The molecule has 0 saturated heterocycles. The molecule has 6 heteroatoms. The van der Waals surface area contributed by atoms with E-state index < -0.39 is 6.10 Å². The number of nitrogens with zero attached hydrogens (tertiary/aromatic N) is 4. The van der Waals surface area contributed by atoms with Crippen molar-refractivity contribution in [3.63, 3.8) is 0 Å². The Morgan fingerprint density at radius 2 is 2.36 bits per heavy atom. The average molecular weight is 193 g/mol. The first-order valence-corrected chi connectivity index (χ1v) is 4.35. The van der Waals surface area contributed by atoms with Gasteiger partial charge in [0.1, 0.15) is 12.4 Å². The predicted molar refractivity (Wildman–Crippen MR) is 49.4 cm³/mol. The molecule has 0 aromatic carbocycles. The van der Waals surface area contributed by atoms with Crippen molar-refractivity contribution >= 4 is 5.65 Å². The summed E-state index contributed by atoms with van der Waals surface area (Å²) in [4.78, 5) is 3.93. The third-order valence-electron chi connectivity index (χ3n) is 1.98. The van der Waals surface area contributed by atoms with Crippen molar-refractivity contribution in [3.05, 3.63) is 24.4 Å². The Morgan fingerprint density at radius 3 is 3.14 bits per heavy atom. The van der Waals surface area contributed by atoms with Crippen LogP contribution in [-0.2, 0) is 0 Å². The second-order valence-electron chi connectivity index (χ2n) is 2.96. The Balaban J connectivity index is 2.42. The number of hydrogen-bond acceptors (Lipinski definition) is 5. The van der Waals surface area contributed by atoms with Crippen molar-refractivity contribution < 1.29 is 5.11 Å². The molecule has 3 N–H and O–H groups in total. The van der Waals surface area contributed by atoms with E-state index in [4.69, 9.17) is 5.73 Å². The molecule has 0 amide bonds. The third-order valence-corrected chi connectivity index (χ3v) is 1.98. The topological polar surface area (TPSA) is 89.3 Å². The molecule has 2 rings (SSSR count). The molecular weight excluding hydrogens is 182 g/mol. The fraction of sp³-hybridized carbons (Fsp3) is 0.375. The summed E-state index contributed by atoms with van der Waals surface area (Å²) in [5.41, 5.74) is 6.02. The summed E-state index contributed by atoms with van der Waals surface area (Å²) in [7, 11) is 0. The van der Waals surface area contributed by atoms with Gasteiger partial charge in [-0.3, -0.25) is 4.40 Å². The summed E-state index contributed by atoms with van der Waals surface area (Å²) in [5, 5.41) is 17.5. The lowest BCUT2D eigenvalue weighted by atomic mass is 10.2. The molecule has 0 fully saturated rings. The van der Waals surface area contributed by atoms with Crippen LogP contribution in [0.5, 0.6) is 0 Å². The minimum absolute atomic E-state index is 0.413. The average Bonchev–Trinajstić information content (AvgIpc) is 2.61. The molecule has 2 aromatic rings. The van der Waals surface area contributed by atoms with Gasteiger partial charge in [-0.1, -0.05) is 0 Å². The number of nitrogens with two attached hydrogens (primary N) is 1. The van der Waals surface area contributed by atoms with Crippen LogP contribution in [0.25, 0.3) is 5.65 Å². The molecule has 2 aromatic heterocycles. The van der Waals surface area contributed by atoms with Crippen LogP contribution < -0.4 is 5.73 Å². The third kappa shape index (κ3) is 1.45. The Kier molecular flexibility index (Phi) is 2.38. The molecule has 0 bridgehead atoms. The lowest BCUT2D eigenvalue weighted by Crippen LogP contribution is -2.09. The van der Waals surface area contributed by atoms with Gasteiger partial charge < -0.3 is 10.8 Å². The molecule has 74 valence electrons. The second kappa shape index (κ2) is 3.69. The molecule has 1 unspecified atom stereocenters. The van der Waals surface area contributed by atoms with E-state index in [1.54, 1.807) is 23.0 Å². The monoisotopic (exact) mass is 193 g/mol. The van der Waals surface area contributed by atoms with Crippen LogP contribution in [0.2, 0.25) is 0 Å². The second-order valence-corrected chi connectivity index (χ2v) is 2.96. The normalized spacial score (nSPS) is 13.3. The van der Waals surface area contributed by atoms with Gasteiger partial charge in [-0.05, 0) is 13.0 Å². The lowest BCUT2D eigenvalue weighted by molar-refractivity contribution is 0.159. The summed E-state index contributed by atoms with van der Waals surface area (Å²) in [6.07, 6.45) is 2.99. The molecule has 0 saturated carbocycles. The lowest BCUT2D eigenvalue weighted by Gasteiger charge is -2.05. The van der Waals surface area contributed by atoms with Crippen LogP contribution in [0.3, 0.4) is 0 Å². The summed E-state index contributed by atoms with van der Waals surface area (Å²) >= 11 is 0. The Hall–Kier alpha value is -1.53. The van der Waals surface area contributed by atoms with Crippen molar-refractivity contribution in [3.8, 4) is 0 Å². The van der Waals surface area contributed by atoms with E-state index in [0.717, 1.165) is 0 Å². The van der Waals surface area contributed by atoms with Crippen molar-refractivity contribution in [2.45, 2.75) is 12.5 Å². The molecule has 2 heterocycles. The maximum atomic E-state index is 9.68. The minimum Gasteiger partial charge on any atom is -0.385 e. The van der Waals surface area contributed by atoms with Crippen LogP contribution in [0, 0.1) is 0 Å². The van der Waals surface area contributed by atoms with Crippen LogP contribution in [-0.4, -0.2) is 31.2 Å². The zero-order chi connectivity index (χ0) is 9.97. The van der Waals surface area contributed by atoms with Gasteiger partial charge in [0, 0.05) is 12.3 Å². The number of fused-ring (bicyclic) bond motifs is 1. The minimum atomic E-state index is -0.681. The van der Waals surface area contributed by atoms with Gasteiger partial charge in [-0.15, -0.1) is 10.2 Å². The maximum absolute atomic E-state index is 9.68. The van der Waals surface area contributed by atoms with E-state index in [1.165, 1.54) is 0 Å². The number of aliphatic hydroxyl groups is 1. The predicted octanol–water partition coefficient (Wildman–Crippen LogP) is -0.494. The van der Waals surface area contributed by atoms with Crippen molar-refractivity contribution in [2.24, 2.45) is 5.73 Å². The van der Waals surface area contributed by atoms with E-state index >= 15 is 0 Å². The largest absolute Gasteiger partial charge is 0.385 e. The molecule has 1 atom stereocenters. The smallest absolute Gasteiger partial charge is 0.167 e. The van der Waals surface area contributed by atoms with E-state index in [9.17, 15) is 5.11 Å². The molecule has 0 aliphatic rings. The standard InChI is InChI=1S/C8H11N5O/c9-3-1-6(14)8-12-11-7-2-4-10-5-13(7)8/h2,4-6,14H,1,3,9H2. The Bertz CT molecular complexity index is 426. The van der Waals surface area contributed by atoms with Crippen LogP contribution >= 0.6 is 0 Å². The van der Waals surface area contributed by atoms with E-state index in [0.29, 0.717) is 24.4 Å². The van der Waals surface area contributed by atoms with Gasteiger partial charge >= 0.3 is 0 Å². The molecule has 6 nitrogen and oxygen atoms in total. The molecule has 0 aliphatic carbocycles. The van der Waals surface area contributed by atoms with Gasteiger partial charge in [0.2, 0.25) is 0 Å². The highest BCUT2D eigenvalue weighted by Crippen LogP contribution is 2.13. The fourth-order valence-electron chi connectivity index (χ4n) is 1.28. The zero-order valence-corrected chi connectivity index (χ0v) is 7.54. The Labute approximate surface area is 80.4 Å². The quantitative estimate of drug-likeness (QED) is 0.686. The molecule has 0 aliphatic heterocycles. The summed E-state index contributed by atoms with van der Waals surface area (Å²) in [6, 6.07) is 1.73. The number of hydrogen-bond donors (Lipinski definition) is 2. The first kappa shape index (κ1) is 9.04. The van der Waals surface area contributed by atoms with Gasteiger partial charge in [0.15, 0.2) is 11.5 Å². The highest BCUT2D eigenvalue weighted by Gasteiger charge is 2.13. The summed E-state index contributed by atoms with van der Waals surface area (Å²) < 4.78 is 1.65. The van der Waals surface area contributed by atoms with Crippen LogP contribution in [0.1, 0.15) is 18.3 Å². The summed E-state index contributed by atoms with van der Waals surface area (Å²) in [5.74, 6) is 0.485. The SMILES string of the molecule is NCCC(O)c1nnc2ccncn12. The van der Waals surface area contributed by atoms with Crippen molar-refractivity contribution in [1.29, 1.82) is 0 Å². The van der Waals surface area contributed by atoms with Gasteiger partial charge in [0.05, 0.1) is 0 Å². The molecule has 14 heavy (non-hydrogen) atoms. The number of aromatic nitrogens is 4. The molecule has 0 spiro atoms. The first-order chi connectivity index (χ1) is 6.83. The van der Waals surface area contributed by atoms with Crippen LogP contribution in [0.15, 0.2) is 18.6 Å². The van der Waals surface area contributed by atoms with Gasteiger partial charge in [-0.2, -0.15) is 0 Å². The van der Waals surface area contributed by atoms with Crippen LogP contribution in [0.4, 0.5) is 0 Å².